The maximum Gasteiger partial charge on any atom is 0.184 e. The highest BCUT2D eigenvalue weighted by Gasteiger charge is 2.02. The second-order valence-corrected chi connectivity index (χ2v) is 4.18. The van der Waals surface area contributed by atoms with Gasteiger partial charge in [-0.05, 0) is 12.1 Å². The van der Waals surface area contributed by atoms with Crippen molar-refractivity contribution in [2.75, 3.05) is 0 Å². The third-order valence-corrected chi connectivity index (χ3v) is 2.70. The summed E-state index contributed by atoms with van der Waals surface area (Å²) in [4.78, 5) is 8.06. The van der Waals surface area contributed by atoms with E-state index in [-0.39, 0.29) is 0 Å². The van der Waals surface area contributed by atoms with Gasteiger partial charge in [0.25, 0.3) is 0 Å². The Bertz CT molecular complexity index is 410. The third-order valence-electron chi connectivity index (χ3n) is 1.50. The van der Waals surface area contributed by atoms with E-state index in [1.54, 1.807) is 12.3 Å². The lowest BCUT2D eigenvalue weighted by Crippen LogP contribution is -1.79. The van der Waals surface area contributed by atoms with Gasteiger partial charge in [-0.2, -0.15) is 0 Å². The second kappa shape index (κ2) is 3.62. The molecule has 0 amide bonds. The van der Waals surface area contributed by atoms with Crippen molar-refractivity contribution in [3.05, 3.63) is 33.3 Å². The van der Waals surface area contributed by atoms with E-state index in [1.165, 1.54) is 11.3 Å². The molecule has 0 fully saturated rings. The second-order valence-electron chi connectivity index (χ2n) is 2.36. The fourth-order valence-corrected chi connectivity index (χ4v) is 1.80. The van der Waals surface area contributed by atoms with Crippen molar-refractivity contribution in [1.82, 2.24) is 9.97 Å². The van der Waals surface area contributed by atoms with E-state index in [0.29, 0.717) is 9.62 Å². The lowest BCUT2D eigenvalue weighted by atomic mass is 10.2. The number of hydrogen-bond acceptors (Lipinski definition) is 3. The number of aromatic nitrogens is 2. The lowest BCUT2D eigenvalue weighted by Gasteiger charge is -1.94. The van der Waals surface area contributed by atoms with Gasteiger partial charge >= 0.3 is 0 Å². The first-order chi connectivity index (χ1) is 6.25. The van der Waals surface area contributed by atoms with Crippen LogP contribution in [0, 0.1) is 0 Å². The van der Waals surface area contributed by atoms with E-state index < -0.39 is 0 Å². The Balaban J connectivity index is 2.41. The van der Waals surface area contributed by atoms with Crippen LogP contribution in [0.4, 0.5) is 0 Å². The van der Waals surface area contributed by atoms with Gasteiger partial charge in [0.1, 0.15) is 5.15 Å². The minimum Gasteiger partial charge on any atom is -0.244 e. The Kier molecular flexibility index (Phi) is 2.49. The minimum atomic E-state index is 0.477. The van der Waals surface area contributed by atoms with Gasteiger partial charge in [0, 0.05) is 17.1 Å². The van der Waals surface area contributed by atoms with Crippen LogP contribution in [-0.4, -0.2) is 9.97 Å². The molecule has 0 aromatic carbocycles. The summed E-state index contributed by atoms with van der Waals surface area (Å²) < 4.78 is 0.532. The molecule has 0 radical (unpaired) electrons. The van der Waals surface area contributed by atoms with Crippen LogP contribution in [0.2, 0.25) is 9.62 Å². The zero-order chi connectivity index (χ0) is 9.26. The Hall–Kier alpha value is -0.640. The summed E-state index contributed by atoms with van der Waals surface area (Å²) in [6.45, 7) is 0. The van der Waals surface area contributed by atoms with Crippen molar-refractivity contribution in [2.24, 2.45) is 0 Å². The van der Waals surface area contributed by atoms with Gasteiger partial charge in [0.05, 0.1) is 5.69 Å². The highest BCUT2D eigenvalue weighted by Crippen LogP contribution is 2.24. The van der Waals surface area contributed by atoms with Crippen molar-refractivity contribution in [3.8, 4) is 11.3 Å². The average molecular weight is 231 g/mol. The molecule has 2 nitrogen and oxygen atoms in total. The molecule has 0 aliphatic rings. The van der Waals surface area contributed by atoms with Gasteiger partial charge in [-0.1, -0.05) is 23.2 Å². The van der Waals surface area contributed by atoms with Crippen LogP contribution in [-0.2, 0) is 0 Å². The third kappa shape index (κ3) is 1.99. The molecule has 2 heterocycles. The van der Waals surface area contributed by atoms with Crippen molar-refractivity contribution in [3.63, 3.8) is 0 Å². The van der Waals surface area contributed by atoms with Crippen LogP contribution in [0.25, 0.3) is 11.3 Å². The number of pyridine rings is 1. The van der Waals surface area contributed by atoms with Crippen molar-refractivity contribution in [2.45, 2.75) is 0 Å². The highest BCUT2D eigenvalue weighted by molar-refractivity contribution is 7.14. The molecule has 0 bridgehead atoms. The van der Waals surface area contributed by atoms with Crippen LogP contribution < -0.4 is 0 Å². The number of thiazole rings is 1. The molecule has 0 saturated carbocycles. The number of hydrogen-bond donors (Lipinski definition) is 0. The van der Waals surface area contributed by atoms with Crippen LogP contribution in [0.3, 0.4) is 0 Å². The summed E-state index contributed by atoms with van der Waals surface area (Å²) in [5.41, 5.74) is 1.76. The molecule has 0 aliphatic heterocycles. The van der Waals surface area contributed by atoms with Crippen LogP contribution in [0.5, 0.6) is 0 Å². The van der Waals surface area contributed by atoms with Gasteiger partial charge in [0.15, 0.2) is 4.47 Å². The summed E-state index contributed by atoms with van der Waals surface area (Å²) in [7, 11) is 0. The monoisotopic (exact) mass is 230 g/mol. The van der Waals surface area contributed by atoms with Gasteiger partial charge in [-0.15, -0.1) is 11.3 Å². The average Bonchev–Trinajstić information content (AvgIpc) is 2.53. The smallest absolute Gasteiger partial charge is 0.184 e. The molecule has 0 aliphatic carbocycles. The molecule has 0 spiro atoms. The first-order valence-electron chi connectivity index (χ1n) is 3.48. The number of halogens is 2. The molecule has 66 valence electrons. The van der Waals surface area contributed by atoms with E-state index in [2.05, 4.69) is 9.97 Å². The lowest BCUT2D eigenvalue weighted by molar-refractivity contribution is 1.31. The molecule has 2 aromatic heterocycles. The molecule has 5 heteroatoms. The van der Waals surface area contributed by atoms with Crippen molar-refractivity contribution >= 4 is 34.5 Å². The van der Waals surface area contributed by atoms with Crippen LogP contribution in [0.1, 0.15) is 0 Å². The molecule has 0 N–H and O–H groups in total. The predicted octanol–water partition coefficient (Wildman–Crippen LogP) is 3.51. The van der Waals surface area contributed by atoms with E-state index in [4.69, 9.17) is 23.2 Å². The Labute approximate surface area is 89.2 Å². The molecule has 2 aromatic rings. The van der Waals surface area contributed by atoms with Crippen molar-refractivity contribution < 1.29 is 0 Å². The number of nitrogens with zero attached hydrogens (tertiary/aromatic N) is 2. The maximum absolute atomic E-state index is 5.70. The van der Waals surface area contributed by atoms with Gasteiger partial charge in [-0.3, -0.25) is 0 Å². The maximum atomic E-state index is 5.70. The zero-order valence-corrected chi connectivity index (χ0v) is 8.70. The first kappa shape index (κ1) is 8.94. The van der Waals surface area contributed by atoms with Gasteiger partial charge in [0.2, 0.25) is 0 Å². The SMILES string of the molecule is Clc1ccc(-c2csc(Cl)n2)cn1. The first-order valence-corrected chi connectivity index (χ1v) is 5.12. The Morgan fingerprint density at radius 2 is 2.08 bits per heavy atom. The van der Waals surface area contributed by atoms with Crippen LogP contribution >= 0.6 is 34.5 Å². The predicted molar refractivity (Wildman–Crippen MR) is 55.4 cm³/mol. The molecule has 0 saturated heterocycles. The Morgan fingerprint density at radius 1 is 1.23 bits per heavy atom. The zero-order valence-electron chi connectivity index (χ0n) is 6.37. The highest BCUT2D eigenvalue weighted by atomic mass is 35.5. The minimum absolute atomic E-state index is 0.477. The quantitative estimate of drug-likeness (QED) is 0.702. The fourth-order valence-electron chi connectivity index (χ4n) is 0.912. The molecular weight excluding hydrogens is 227 g/mol. The topological polar surface area (TPSA) is 25.8 Å². The Morgan fingerprint density at radius 3 is 2.62 bits per heavy atom. The standard InChI is InChI=1S/C8H4Cl2N2S/c9-7-2-1-5(3-11-7)6-4-13-8(10)12-6/h1-4H. The summed E-state index contributed by atoms with van der Waals surface area (Å²) in [6.07, 6.45) is 1.67. The summed E-state index contributed by atoms with van der Waals surface area (Å²) in [5, 5.41) is 2.36. The normalized spacial score (nSPS) is 10.3. The number of rotatable bonds is 1. The summed E-state index contributed by atoms with van der Waals surface area (Å²) >= 11 is 12.7. The van der Waals surface area contributed by atoms with Gasteiger partial charge in [-0.25, -0.2) is 9.97 Å². The molecule has 0 unspecified atom stereocenters. The summed E-state index contributed by atoms with van der Waals surface area (Å²) in [6, 6.07) is 3.59. The molecule has 2 rings (SSSR count). The van der Waals surface area contributed by atoms with E-state index >= 15 is 0 Å². The van der Waals surface area contributed by atoms with Gasteiger partial charge < -0.3 is 0 Å². The van der Waals surface area contributed by atoms with E-state index in [1.807, 2.05) is 11.4 Å². The largest absolute Gasteiger partial charge is 0.244 e. The van der Waals surface area contributed by atoms with E-state index in [0.717, 1.165) is 11.3 Å². The van der Waals surface area contributed by atoms with E-state index in [9.17, 15) is 0 Å². The fraction of sp³-hybridized carbons (Fsp3) is 0. The molecule has 13 heavy (non-hydrogen) atoms. The molecule has 0 atom stereocenters. The summed E-state index contributed by atoms with van der Waals surface area (Å²) in [5.74, 6) is 0. The van der Waals surface area contributed by atoms with Crippen LogP contribution in [0.15, 0.2) is 23.7 Å². The molecular formula is C8H4Cl2N2S. The van der Waals surface area contributed by atoms with Crippen molar-refractivity contribution in [1.29, 1.82) is 0 Å².